The number of hydrazone groups is 1. The quantitative estimate of drug-likeness (QED) is 0.435. The molecule has 0 radical (unpaired) electrons. The second-order valence-corrected chi connectivity index (χ2v) is 6.37. The van der Waals surface area contributed by atoms with E-state index >= 15 is 0 Å². The molecule has 0 unspecified atom stereocenters. The summed E-state index contributed by atoms with van der Waals surface area (Å²) in [7, 11) is 0. The maximum absolute atomic E-state index is 13.6. The van der Waals surface area contributed by atoms with E-state index in [1.54, 1.807) is 24.3 Å². The van der Waals surface area contributed by atoms with Gasteiger partial charge in [-0.15, -0.1) is 0 Å². The summed E-state index contributed by atoms with van der Waals surface area (Å²) in [5.41, 5.74) is 3.43. The number of carbonyl (C=O) groups excluding carboxylic acids is 1. The van der Waals surface area contributed by atoms with Crippen molar-refractivity contribution in [3.63, 3.8) is 0 Å². The zero-order valence-corrected chi connectivity index (χ0v) is 16.1. The van der Waals surface area contributed by atoms with Crippen molar-refractivity contribution < 1.29 is 18.7 Å². The van der Waals surface area contributed by atoms with Crippen LogP contribution in [0.15, 0.2) is 77.9 Å². The number of rotatable bonds is 8. The third kappa shape index (κ3) is 6.33. The Morgan fingerprint density at radius 3 is 2.34 bits per heavy atom. The fourth-order valence-electron chi connectivity index (χ4n) is 2.36. The van der Waals surface area contributed by atoms with Gasteiger partial charge in [-0.3, -0.25) is 4.79 Å². The van der Waals surface area contributed by atoms with Gasteiger partial charge in [0, 0.05) is 5.56 Å². The van der Waals surface area contributed by atoms with E-state index in [1.165, 1.54) is 18.2 Å². The van der Waals surface area contributed by atoms with Gasteiger partial charge in [0.1, 0.15) is 23.9 Å². The molecule has 1 amide bonds. The Labute approximate surface area is 172 Å². The third-order valence-corrected chi connectivity index (χ3v) is 4.15. The Bertz CT molecular complexity index is 959. The topological polar surface area (TPSA) is 59.9 Å². The Balaban J connectivity index is 1.43. The van der Waals surface area contributed by atoms with Crippen molar-refractivity contribution in [2.45, 2.75) is 6.61 Å². The lowest BCUT2D eigenvalue weighted by molar-refractivity contribution is -0.123. The van der Waals surface area contributed by atoms with Gasteiger partial charge in [0.25, 0.3) is 5.91 Å². The van der Waals surface area contributed by atoms with Crippen molar-refractivity contribution in [2.75, 3.05) is 6.61 Å². The molecule has 0 aliphatic carbocycles. The first-order chi connectivity index (χ1) is 14.1. The first-order valence-electron chi connectivity index (χ1n) is 8.77. The average Bonchev–Trinajstić information content (AvgIpc) is 2.74. The zero-order valence-electron chi connectivity index (χ0n) is 15.3. The molecule has 148 valence electrons. The summed E-state index contributed by atoms with van der Waals surface area (Å²) < 4.78 is 24.7. The molecule has 3 rings (SSSR count). The molecule has 0 saturated carbocycles. The monoisotopic (exact) mass is 412 g/mol. The molecule has 7 heteroatoms. The van der Waals surface area contributed by atoms with Crippen LogP contribution in [0.5, 0.6) is 11.5 Å². The summed E-state index contributed by atoms with van der Waals surface area (Å²) >= 11 is 5.88. The van der Waals surface area contributed by atoms with Crippen LogP contribution in [0.3, 0.4) is 0 Å². The molecule has 0 spiro atoms. The summed E-state index contributed by atoms with van der Waals surface area (Å²) in [6.45, 7) is 0.222. The third-order valence-electron chi connectivity index (χ3n) is 3.82. The molecular weight excluding hydrogens is 395 g/mol. The molecule has 0 heterocycles. The number of hydrogen-bond donors (Lipinski definition) is 1. The minimum absolute atomic E-state index is 0.0986. The van der Waals surface area contributed by atoms with Crippen LogP contribution in [-0.4, -0.2) is 18.7 Å². The van der Waals surface area contributed by atoms with Gasteiger partial charge in [-0.1, -0.05) is 48.0 Å². The Hall–Kier alpha value is -3.38. The number of hydrogen-bond acceptors (Lipinski definition) is 4. The van der Waals surface area contributed by atoms with Gasteiger partial charge in [-0.05, 0) is 42.0 Å². The highest BCUT2D eigenvalue weighted by molar-refractivity contribution is 6.33. The summed E-state index contributed by atoms with van der Waals surface area (Å²) in [5, 5.41) is 3.90. The maximum Gasteiger partial charge on any atom is 0.277 e. The molecule has 29 heavy (non-hydrogen) atoms. The van der Waals surface area contributed by atoms with Crippen molar-refractivity contribution in [3.05, 3.63) is 94.8 Å². The Kier molecular flexibility index (Phi) is 7.19. The van der Waals surface area contributed by atoms with Crippen LogP contribution >= 0.6 is 11.6 Å². The standard InChI is InChI=1S/C22H18ClFN2O3/c23-20-7-4-8-21(24)19(20)13-25-26-22(27)15-29-18-11-9-17(10-12-18)28-14-16-5-2-1-3-6-16/h1-13H,14-15H2,(H,26,27)/b25-13+. The van der Waals surface area contributed by atoms with E-state index in [9.17, 15) is 9.18 Å². The zero-order chi connectivity index (χ0) is 20.5. The Morgan fingerprint density at radius 2 is 1.66 bits per heavy atom. The van der Waals surface area contributed by atoms with E-state index in [-0.39, 0.29) is 17.2 Å². The van der Waals surface area contributed by atoms with E-state index in [0.29, 0.717) is 18.1 Å². The van der Waals surface area contributed by atoms with Crippen LogP contribution in [-0.2, 0) is 11.4 Å². The van der Waals surface area contributed by atoms with Gasteiger partial charge in [0.05, 0.1) is 11.2 Å². The van der Waals surface area contributed by atoms with Crippen LogP contribution in [0.25, 0.3) is 0 Å². The molecule has 1 N–H and O–H groups in total. The number of halogens is 2. The number of ether oxygens (including phenoxy) is 2. The smallest absolute Gasteiger partial charge is 0.277 e. The number of carbonyl (C=O) groups is 1. The van der Waals surface area contributed by atoms with Crippen molar-refractivity contribution in [1.82, 2.24) is 5.43 Å². The number of benzene rings is 3. The van der Waals surface area contributed by atoms with E-state index < -0.39 is 11.7 Å². The molecule has 0 aromatic heterocycles. The highest BCUT2D eigenvalue weighted by Crippen LogP contribution is 2.19. The molecule has 0 aliphatic heterocycles. The van der Waals surface area contributed by atoms with Crippen molar-refractivity contribution in [2.24, 2.45) is 5.10 Å². The average molecular weight is 413 g/mol. The lowest BCUT2D eigenvalue weighted by Crippen LogP contribution is -2.24. The molecular formula is C22H18ClFN2O3. The van der Waals surface area contributed by atoms with Crippen molar-refractivity contribution >= 4 is 23.7 Å². The lowest BCUT2D eigenvalue weighted by Gasteiger charge is -2.08. The number of amides is 1. The molecule has 3 aromatic rings. The summed E-state index contributed by atoms with van der Waals surface area (Å²) in [5.74, 6) is 0.185. The SMILES string of the molecule is O=C(COc1ccc(OCc2ccccc2)cc1)N/N=C/c1c(F)cccc1Cl. The van der Waals surface area contributed by atoms with Crippen LogP contribution in [0.4, 0.5) is 4.39 Å². The van der Waals surface area contributed by atoms with Crippen LogP contribution < -0.4 is 14.9 Å². The summed E-state index contributed by atoms with van der Waals surface area (Å²) in [6, 6.07) is 21.0. The molecule has 0 atom stereocenters. The van der Waals surface area contributed by atoms with E-state index in [2.05, 4.69) is 10.5 Å². The molecule has 0 aliphatic rings. The molecule has 3 aromatic carbocycles. The largest absolute Gasteiger partial charge is 0.489 e. The van der Waals surface area contributed by atoms with Gasteiger partial charge < -0.3 is 9.47 Å². The van der Waals surface area contributed by atoms with Gasteiger partial charge in [-0.25, -0.2) is 9.82 Å². The molecule has 5 nitrogen and oxygen atoms in total. The molecule has 0 bridgehead atoms. The van der Waals surface area contributed by atoms with Crippen LogP contribution in [0.1, 0.15) is 11.1 Å². The lowest BCUT2D eigenvalue weighted by atomic mass is 10.2. The number of nitrogens with one attached hydrogen (secondary N) is 1. The number of nitrogens with zero attached hydrogens (tertiary/aromatic N) is 1. The fraction of sp³-hybridized carbons (Fsp3) is 0.0909. The van der Waals surface area contributed by atoms with E-state index in [1.807, 2.05) is 30.3 Å². The first-order valence-corrected chi connectivity index (χ1v) is 9.15. The predicted octanol–water partition coefficient (Wildman–Crippen LogP) is 4.59. The second-order valence-electron chi connectivity index (χ2n) is 5.96. The van der Waals surface area contributed by atoms with Gasteiger partial charge in [0.2, 0.25) is 0 Å². The highest BCUT2D eigenvalue weighted by Gasteiger charge is 2.05. The van der Waals surface area contributed by atoms with Gasteiger partial charge in [-0.2, -0.15) is 5.10 Å². The van der Waals surface area contributed by atoms with E-state index in [0.717, 1.165) is 11.8 Å². The van der Waals surface area contributed by atoms with Gasteiger partial charge >= 0.3 is 0 Å². The molecule has 0 saturated heterocycles. The van der Waals surface area contributed by atoms with Crippen LogP contribution in [0, 0.1) is 5.82 Å². The minimum atomic E-state index is -0.527. The first kappa shape index (κ1) is 20.4. The highest BCUT2D eigenvalue weighted by atomic mass is 35.5. The normalized spacial score (nSPS) is 10.7. The van der Waals surface area contributed by atoms with Crippen LogP contribution in [0.2, 0.25) is 5.02 Å². The summed E-state index contributed by atoms with van der Waals surface area (Å²) in [4.78, 5) is 11.8. The van der Waals surface area contributed by atoms with Gasteiger partial charge in [0.15, 0.2) is 6.61 Å². The Morgan fingerprint density at radius 1 is 0.966 bits per heavy atom. The predicted molar refractivity (Wildman–Crippen MR) is 110 cm³/mol. The minimum Gasteiger partial charge on any atom is -0.489 e. The fourth-order valence-corrected chi connectivity index (χ4v) is 2.57. The summed E-state index contributed by atoms with van der Waals surface area (Å²) in [6.07, 6.45) is 1.15. The molecule has 0 fully saturated rings. The van der Waals surface area contributed by atoms with Crippen molar-refractivity contribution in [3.8, 4) is 11.5 Å². The van der Waals surface area contributed by atoms with E-state index in [4.69, 9.17) is 21.1 Å². The maximum atomic E-state index is 13.6. The van der Waals surface area contributed by atoms with Crippen molar-refractivity contribution in [1.29, 1.82) is 0 Å². The second kappa shape index (κ2) is 10.2.